The van der Waals surface area contributed by atoms with Crippen molar-refractivity contribution in [1.29, 1.82) is 0 Å². The van der Waals surface area contributed by atoms with Crippen molar-refractivity contribution < 1.29 is 5.11 Å². The van der Waals surface area contributed by atoms with Crippen LogP contribution >= 0.6 is 0 Å². The number of hydrogen-bond donors (Lipinski definition) is 2. The summed E-state index contributed by atoms with van der Waals surface area (Å²) in [5.41, 5.74) is 2.60. The van der Waals surface area contributed by atoms with E-state index >= 15 is 0 Å². The zero-order valence-electron chi connectivity index (χ0n) is 7.17. The van der Waals surface area contributed by atoms with E-state index in [1.165, 1.54) is 11.1 Å². The summed E-state index contributed by atoms with van der Waals surface area (Å²) in [6.07, 6.45) is 1.07. The normalized spacial score (nSPS) is 21.9. The molecule has 0 spiro atoms. The third-order valence-electron chi connectivity index (χ3n) is 2.44. The quantitative estimate of drug-likeness (QED) is 0.609. The van der Waals surface area contributed by atoms with E-state index in [-0.39, 0.29) is 0 Å². The van der Waals surface area contributed by atoms with Crippen molar-refractivity contribution in [2.24, 2.45) is 0 Å². The molecule has 0 radical (unpaired) electrons. The van der Waals surface area contributed by atoms with Crippen molar-refractivity contribution in [2.75, 3.05) is 6.54 Å². The van der Waals surface area contributed by atoms with Gasteiger partial charge in [-0.3, -0.25) is 0 Å². The van der Waals surface area contributed by atoms with Crippen LogP contribution in [0.1, 0.15) is 24.1 Å². The molecule has 0 bridgehead atoms. The number of fused-ring (bicyclic) bond motifs is 1. The van der Waals surface area contributed by atoms with Crippen LogP contribution in [0.3, 0.4) is 0 Å². The van der Waals surface area contributed by atoms with Gasteiger partial charge in [-0.1, -0.05) is 6.07 Å². The number of phenols is 1. The Kier molecular flexibility index (Phi) is 1.77. The molecule has 2 rings (SSSR count). The average molecular weight is 163 g/mol. The Hall–Kier alpha value is -1.02. The Labute approximate surface area is 72.2 Å². The summed E-state index contributed by atoms with van der Waals surface area (Å²) in [7, 11) is 0. The van der Waals surface area contributed by atoms with E-state index < -0.39 is 0 Å². The van der Waals surface area contributed by atoms with Crippen LogP contribution in [0.25, 0.3) is 0 Å². The molecule has 12 heavy (non-hydrogen) atoms. The van der Waals surface area contributed by atoms with Gasteiger partial charge in [0.1, 0.15) is 5.75 Å². The summed E-state index contributed by atoms with van der Waals surface area (Å²) < 4.78 is 0. The molecule has 64 valence electrons. The van der Waals surface area contributed by atoms with Crippen molar-refractivity contribution >= 4 is 0 Å². The van der Waals surface area contributed by atoms with Gasteiger partial charge in [0.05, 0.1) is 0 Å². The number of rotatable bonds is 0. The van der Waals surface area contributed by atoms with Crippen LogP contribution in [-0.4, -0.2) is 11.7 Å². The van der Waals surface area contributed by atoms with E-state index in [1.807, 2.05) is 12.1 Å². The Bertz CT molecular complexity index is 296. The SMILES string of the molecule is CC1NCCc2ccc(O)cc21. The number of aromatic hydroxyl groups is 1. The third-order valence-corrected chi connectivity index (χ3v) is 2.44. The highest BCUT2D eigenvalue weighted by Crippen LogP contribution is 2.25. The van der Waals surface area contributed by atoms with Crippen molar-refractivity contribution in [3.8, 4) is 5.75 Å². The molecule has 1 heterocycles. The van der Waals surface area contributed by atoms with Gasteiger partial charge in [0.15, 0.2) is 0 Å². The fourth-order valence-corrected chi connectivity index (χ4v) is 1.75. The van der Waals surface area contributed by atoms with Gasteiger partial charge < -0.3 is 10.4 Å². The number of hydrogen-bond acceptors (Lipinski definition) is 2. The topological polar surface area (TPSA) is 32.3 Å². The molecule has 1 aromatic rings. The first kappa shape index (κ1) is 7.62. The lowest BCUT2D eigenvalue weighted by atomic mass is 9.95. The molecule has 0 aromatic heterocycles. The highest BCUT2D eigenvalue weighted by atomic mass is 16.3. The van der Waals surface area contributed by atoms with E-state index in [4.69, 9.17) is 0 Å². The average Bonchev–Trinajstić information content (AvgIpc) is 2.07. The molecule has 2 heteroatoms. The molecular weight excluding hydrogens is 150 g/mol. The van der Waals surface area contributed by atoms with E-state index in [1.54, 1.807) is 6.07 Å². The standard InChI is InChI=1S/C10H13NO/c1-7-10-6-9(12)3-2-8(10)4-5-11-7/h2-3,6-7,11-12H,4-5H2,1H3. The zero-order chi connectivity index (χ0) is 8.55. The molecule has 1 aromatic carbocycles. The second-order valence-corrected chi connectivity index (χ2v) is 3.31. The van der Waals surface area contributed by atoms with Crippen LogP contribution in [0.15, 0.2) is 18.2 Å². The minimum absolute atomic E-state index is 0.365. The fourth-order valence-electron chi connectivity index (χ4n) is 1.75. The minimum atomic E-state index is 0.365. The molecule has 0 saturated heterocycles. The largest absolute Gasteiger partial charge is 0.508 e. The van der Waals surface area contributed by atoms with E-state index in [0.717, 1.165) is 13.0 Å². The summed E-state index contributed by atoms with van der Waals surface area (Å²) in [5, 5.41) is 12.6. The first-order valence-electron chi connectivity index (χ1n) is 4.32. The summed E-state index contributed by atoms with van der Waals surface area (Å²) in [4.78, 5) is 0. The molecule has 0 fully saturated rings. The van der Waals surface area contributed by atoms with Crippen molar-refractivity contribution in [1.82, 2.24) is 5.32 Å². The lowest BCUT2D eigenvalue weighted by molar-refractivity contribution is 0.468. The Balaban J connectivity index is 2.47. The Morgan fingerprint density at radius 3 is 3.17 bits per heavy atom. The van der Waals surface area contributed by atoms with E-state index in [0.29, 0.717) is 11.8 Å². The Morgan fingerprint density at radius 2 is 2.33 bits per heavy atom. The summed E-state index contributed by atoms with van der Waals surface area (Å²) >= 11 is 0. The fraction of sp³-hybridized carbons (Fsp3) is 0.400. The van der Waals surface area contributed by atoms with Gasteiger partial charge >= 0.3 is 0 Å². The first-order chi connectivity index (χ1) is 5.77. The second-order valence-electron chi connectivity index (χ2n) is 3.31. The molecular formula is C10H13NO. The molecule has 1 unspecified atom stereocenters. The van der Waals surface area contributed by atoms with Gasteiger partial charge in [0.25, 0.3) is 0 Å². The van der Waals surface area contributed by atoms with Crippen LogP contribution in [0.2, 0.25) is 0 Å². The van der Waals surface area contributed by atoms with Crippen LogP contribution in [0, 0.1) is 0 Å². The van der Waals surface area contributed by atoms with E-state index in [2.05, 4.69) is 12.2 Å². The van der Waals surface area contributed by atoms with Gasteiger partial charge in [-0.05, 0) is 43.1 Å². The van der Waals surface area contributed by atoms with Gasteiger partial charge in [-0.25, -0.2) is 0 Å². The third kappa shape index (κ3) is 1.18. The maximum Gasteiger partial charge on any atom is 0.115 e. The first-order valence-corrected chi connectivity index (χ1v) is 4.32. The highest BCUT2D eigenvalue weighted by molar-refractivity contribution is 5.38. The molecule has 0 saturated carbocycles. The van der Waals surface area contributed by atoms with Gasteiger partial charge in [0, 0.05) is 6.04 Å². The van der Waals surface area contributed by atoms with Crippen molar-refractivity contribution in [3.63, 3.8) is 0 Å². The predicted octanol–water partition coefficient (Wildman–Crippen LogP) is 1.60. The molecule has 2 N–H and O–H groups in total. The molecule has 1 atom stereocenters. The molecule has 2 nitrogen and oxygen atoms in total. The number of phenolic OH excluding ortho intramolecular Hbond substituents is 1. The lowest BCUT2D eigenvalue weighted by Gasteiger charge is -2.23. The molecule has 1 aliphatic heterocycles. The molecule has 0 aliphatic carbocycles. The van der Waals surface area contributed by atoms with E-state index in [9.17, 15) is 5.11 Å². The summed E-state index contributed by atoms with van der Waals surface area (Å²) in [6, 6.07) is 6.01. The highest BCUT2D eigenvalue weighted by Gasteiger charge is 2.15. The second kappa shape index (κ2) is 2.79. The van der Waals surface area contributed by atoms with Crippen LogP contribution in [0.4, 0.5) is 0 Å². The van der Waals surface area contributed by atoms with Crippen molar-refractivity contribution in [2.45, 2.75) is 19.4 Å². The maximum absolute atomic E-state index is 9.28. The van der Waals surface area contributed by atoms with Gasteiger partial charge in [-0.2, -0.15) is 0 Å². The maximum atomic E-state index is 9.28. The summed E-state index contributed by atoms with van der Waals surface area (Å²) in [5.74, 6) is 0.365. The number of benzene rings is 1. The van der Waals surface area contributed by atoms with Crippen LogP contribution in [0.5, 0.6) is 5.75 Å². The smallest absolute Gasteiger partial charge is 0.115 e. The molecule has 1 aliphatic rings. The monoisotopic (exact) mass is 163 g/mol. The van der Waals surface area contributed by atoms with Crippen molar-refractivity contribution in [3.05, 3.63) is 29.3 Å². The van der Waals surface area contributed by atoms with Gasteiger partial charge in [0.2, 0.25) is 0 Å². The van der Waals surface area contributed by atoms with Gasteiger partial charge in [-0.15, -0.1) is 0 Å². The Morgan fingerprint density at radius 1 is 1.50 bits per heavy atom. The zero-order valence-corrected chi connectivity index (χ0v) is 7.17. The molecule has 0 amide bonds. The predicted molar refractivity (Wildman–Crippen MR) is 48.2 cm³/mol. The number of nitrogens with one attached hydrogen (secondary N) is 1. The minimum Gasteiger partial charge on any atom is -0.508 e. The van der Waals surface area contributed by atoms with Crippen LogP contribution in [-0.2, 0) is 6.42 Å². The summed E-state index contributed by atoms with van der Waals surface area (Å²) in [6.45, 7) is 3.16. The lowest BCUT2D eigenvalue weighted by Crippen LogP contribution is -2.27. The van der Waals surface area contributed by atoms with Crippen LogP contribution < -0.4 is 5.32 Å².